The Hall–Kier alpha value is -2.63. The van der Waals surface area contributed by atoms with E-state index < -0.39 is 16.4 Å². The van der Waals surface area contributed by atoms with Crippen molar-refractivity contribution in [3.8, 4) is 0 Å². The molecule has 1 aromatic carbocycles. The van der Waals surface area contributed by atoms with Crippen LogP contribution in [0.25, 0.3) is 0 Å². The number of benzene rings is 1. The minimum Gasteiger partial charge on any atom is -0.450 e. The molecule has 2 fully saturated rings. The van der Waals surface area contributed by atoms with Gasteiger partial charge in [0.25, 0.3) is 10.2 Å². The Bertz CT molecular complexity index is 952. The van der Waals surface area contributed by atoms with E-state index in [-0.39, 0.29) is 12.0 Å². The van der Waals surface area contributed by atoms with Crippen molar-refractivity contribution in [2.75, 3.05) is 31.1 Å². The van der Waals surface area contributed by atoms with Crippen LogP contribution in [0, 0.1) is 12.8 Å². The Morgan fingerprint density at radius 2 is 1.77 bits per heavy atom. The van der Waals surface area contributed by atoms with Gasteiger partial charge in [-0.15, -0.1) is 0 Å². The number of aryl methyl sites for hydroxylation is 1. The predicted molar refractivity (Wildman–Crippen MR) is 110 cm³/mol. The number of rotatable bonds is 5. The van der Waals surface area contributed by atoms with Crippen molar-refractivity contribution >= 4 is 22.2 Å². The van der Waals surface area contributed by atoms with Crippen LogP contribution in [0.2, 0.25) is 0 Å². The van der Waals surface area contributed by atoms with Gasteiger partial charge in [-0.2, -0.15) is 17.4 Å². The van der Waals surface area contributed by atoms with Gasteiger partial charge in [0.2, 0.25) is 0 Å². The smallest absolute Gasteiger partial charge is 0.450 e. The summed E-state index contributed by atoms with van der Waals surface area (Å²) >= 11 is 0. The molecular formula is C19H26N4O6S. The molecule has 3 atom stereocenters. The van der Waals surface area contributed by atoms with Gasteiger partial charge in [-0.25, -0.2) is 4.79 Å². The molecule has 1 saturated carbocycles. The van der Waals surface area contributed by atoms with Gasteiger partial charge < -0.3 is 19.6 Å². The first-order valence-corrected chi connectivity index (χ1v) is 11.1. The van der Waals surface area contributed by atoms with E-state index >= 15 is 0 Å². The number of hydrogen-bond donors (Lipinski definition) is 3. The van der Waals surface area contributed by atoms with Crippen molar-refractivity contribution in [2.45, 2.75) is 25.8 Å². The summed E-state index contributed by atoms with van der Waals surface area (Å²) in [5.74, 6) is 2.09. The van der Waals surface area contributed by atoms with Gasteiger partial charge in [0, 0.05) is 44.2 Å². The van der Waals surface area contributed by atoms with Crippen LogP contribution in [0.1, 0.15) is 24.2 Å². The maximum atomic E-state index is 12.8. The minimum atomic E-state index is -3.48. The number of carboxylic acid groups (broad SMARTS) is 2. The van der Waals surface area contributed by atoms with Crippen LogP contribution in [0.4, 0.5) is 10.6 Å². The van der Waals surface area contributed by atoms with Gasteiger partial charge in [0.05, 0.1) is 0 Å². The Morgan fingerprint density at radius 3 is 2.30 bits per heavy atom. The molecule has 2 aromatic rings. The number of anilines is 1. The topological polar surface area (TPSA) is 136 Å². The van der Waals surface area contributed by atoms with E-state index in [1.807, 2.05) is 31.2 Å². The predicted octanol–water partition coefficient (Wildman–Crippen LogP) is 1.96. The summed E-state index contributed by atoms with van der Waals surface area (Å²) in [5, 5.41) is 18.0. The lowest BCUT2D eigenvalue weighted by molar-refractivity contribution is 0.137. The molecule has 2 heterocycles. The molecule has 0 unspecified atom stereocenters. The van der Waals surface area contributed by atoms with E-state index in [1.54, 1.807) is 0 Å². The molecule has 3 N–H and O–H groups in total. The maximum Gasteiger partial charge on any atom is 0.503 e. The normalized spacial score (nSPS) is 24.1. The molecule has 1 aliphatic heterocycles. The number of nitrogens with one attached hydrogen (secondary N) is 1. The summed E-state index contributed by atoms with van der Waals surface area (Å²) in [6.45, 7) is 6.04. The molecular weight excluding hydrogens is 412 g/mol. The van der Waals surface area contributed by atoms with E-state index in [1.165, 1.54) is 9.87 Å². The molecule has 2 aliphatic rings. The zero-order chi connectivity index (χ0) is 21.9. The highest BCUT2D eigenvalue weighted by Gasteiger charge is 2.50. The summed E-state index contributed by atoms with van der Waals surface area (Å²) in [5.41, 5.74) is 1.19. The summed E-state index contributed by atoms with van der Waals surface area (Å²) in [6.07, 6.45) is -1.83. The van der Waals surface area contributed by atoms with E-state index in [9.17, 15) is 8.42 Å². The first kappa shape index (κ1) is 22.1. The van der Waals surface area contributed by atoms with Crippen LogP contribution in [-0.2, 0) is 10.2 Å². The van der Waals surface area contributed by atoms with Crippen molar-refractivity contribution in [1.82, 2.24) is 14.2 Å². The van der Waals surface area contributed by atoms with Crippen LogP contribution in [0.3, 0.4) is 0 Å². The van der Waals surface area contributed by atoms with Gasteiger partial charge in [-0.05, 0) is 18.4 Å². The van der Waals surface area contributed by atoms with Crippen LogP contribution < -0.4 is 9.62 Å². The molecule has 30 heavy (non-hydrogen) atoms. The second kappa shape index (κ2) is 9.02. The highest BCUT2D eigenvalue weighted by molar-refractivity contribution is 7.87. The van der Waals surface area contributed by atoms with Gasteiger partial charge in [0.1, 0.15) is 5.76 Å². The van der Waals surface area contributed by atoms with Crippen LogP contribution in [-0.4, -0.2) is 66.5 Å². The molecule has 0 radical (unpaired) electrons. The molecule has 11 heteroatoms. The van der Waals surface area contributed by atoms with E-state index in [2.05, 4.69) is 33.8 Å². The highest BCUT2D eigenvalue weighted by Crippen LogP contribution is 2.47. The highest BCUT2D eigenvalue weighted by atomic mass is 32.2. The lowest BCUT2D eigenvalue weighted by atomic mass is 10.1. The SMILES string of the molecule is Cc1cc(N2CCN(S(=O)(=O)N[C@H]3[C@H](C)[C@@H]3c3ccccc3)CC2)no1.O=C(O)O. The Kier molecular flexibility index (Phi) is 6.64. The average Bonchev–Trinajstić information content (AvgIpc) is 3.10. The largest absolute Gasteiger partial charge is 0.503 e. The second-order valence-corrected chi connectivity index (χ2v) is 9.11. The van der Waals surface area contributed by atoms with Crippen LogP contribution in [0.15, 0.2) is 40.9 Å². The molecule has 1 aliphatic carbocycles. The van der Waals surface area contributed by atoms with Crippen LogP contribution in [0.5, 0.6) is 0 Å². The van der Waals surface area contributed by atoms with Crippen molar-refractivity contribution < 1.29 is 27.9 Å². The Labute approximate surface area is 175 Å². The molecule has 4 rings (SSSR count). The Balaban J connectivity index is 0.000000589. The third-order valence-electron chi connectivity index (χ3n) is 5.37. The van der Waals surface area contributed by atoms with Gasteiger partial charge >= 0.3 is 6.16 Å². The van der Waals surface area contributed by atoms with Gasteiger partial charge in [-0.3, -0.25) is 0 Å². The number of nitrogens with zero attached hydrogens (tertiary/aromatic N) is 3. The minimum absolute atomic E-state index is 0.0291. The van der Waals surface area contributed by atoms with Crippen molar-refractivity contribution in [3.05, 3.63) is 47.7 Å². The third-order valence-corrected chi connectivity index (χ3v) is 6.98. The monoisotopic (exact) mass is 438 g/mol. The van der Waals surface area contributed by atoms with Gasteiger partial charge in [0.15, 0.2) is 5.82 Å². The maximum absolute atomic E-state index is 12.8. The number of carbonyl (C=O) groups is 1. The zero-order valence-electron chi connectivity index (χ0n) is 16.8. The molecule has 0 amide bonds. The average molecular weight is 439 g/mol. The first-order chi connectivity index (χ1) is 14.2. The summed E-state index contributed by atoms with van der Waals surface area (Å²) in [6, 6.07) is 11.9. The number of hydrogen-bond acceptors (Lipinski definition) is 6. The molecule has 0 bridgehead atoms. The molecule has 0 spiro atoms. The summed E-state index contributed by atoms with van der Waals surface area (Å²) in [4.78, 5) is 10.6. The molecule has 1 saturated heterocycles. The Morgan fingerprint density at radius 1 is 1.17 bits per heavy atom. The fourth-order valence-electron chi connectivity index (χ4n) is 3.74. The van der Waals surface area contributed by atoms with E-state index in [4.69, 9.17) is 19.5 Å². The van der Waals surface area contributed by atoms with Crippen molar-refractivity contribution in [1.29, 1.82) is 0 Å². The fraction of sp³-hybridized carbons (Fsp3) is 0.474. The van der Waals surface area contributed by atoms with E-state index in [0.29, 0.717) is 32.1 Å². The lowest BCUT2D eigenvalue weighted by Crippen LogP contribution is -2.52. The quantitative estimate of drug-likeness (QED) is 0.644. The first-order valence-electron chi connectivity index (χ1n) is 9.61. The summed E-state index contributed by atoms with van der Waals surface area (Å²) < 4.78 is 35.1. The number of piperazine rings is 1. The van der Waals surface area contributed by atoms with Gasteiger partial charge in [-0.1, -0.05) is 42.4 Å². The molecule has 1 aromatic heterocycles. The standard InChI is InChI=1S/C18H24N4O3S.CH2O3/c1-13-12-16(19-25-13)21-8-10-22(11-9-21)26(23,24)20-18-14(2)17(18)15-6-4-3-5-7-15;2-1(3)4/h3-7,12,14,17-18,20H,8-11H2,1-2H3;(H2,2,3,4)/t14-,17-,18+;/m1./s1. The van der Waals surface area contributed by atoms with E-state index in [0.717, 1.165) is 11.6 Å². The number of aromatic nitrogens is 1. The zero-order valence-corrected chi connectivity index (χ0v) is 17.6. The third kappa shape index (κ3) is 5.29. The lowest BCUT2D eigenvalue weighted by Gasteiger charge is -2.33. The second-order valence-electron chi connectivity index (χ2n) is 7.41. The summed E-state index contributed by atoms with van der Waals surface area (Å²) in [7, 11) is -3.48. The van der Waals surface area contributed by atoms with Crippen LogP contribution >= 0.6 is 0 Å². The van der Waals surface area contributed by atoms with Crippen molar-refractivity contribution in [3.63, 3.8) is 0 Å². The van der Waals surface area contributed by atoms with Crippen molar-refractivity contribution in [2.24, 2.45) is 5.92 Å². The molecule has 164 valence electrons. The fourth-order valence-corrected chi connectivity index (χ4v) is 5.23. The molecule has 10 nitrogen and oxygen atoms in total.